The number of rotatable bonds is 8. The molecule has 15 heteroatoms. The first-order valence-electron chi connectivity index (χ1n) is 9.98. The summed E-state index contributed by atoms with van der Waals surface area (Å²) < 4.78 is 63.4. The maximum atomic E-state index is 13.5. The molecule has 4 rings (SSSR count). The number of para-hydroxylation sites is 1. The molecule has 2 aromatic heterocycles. The highest BCUT2D eigenvalue weighted by atomic mass is 32.2. The molecule has 0 unspecified atom stereocenters. The van der Waals surface area contributed by atoms with E-state index in [-0.39, 0.29) is 36.2 Å². The number of hydrogen-bond acceptors (Lipinski definition) is 9. The number of sulfonamides is 1. The molecular formula is C19H22N6O7S2. The van der Waals surface area contributed by atoms with Crippen LogP contribution in [0.2, 0.25) is 0 Å². The molecular weight excluding hydrogens is 488 g/mol. The van der Waals surface area contributed by atoms with Crippen LogP contribution in [0.5, 0.6) is 5.75 Å². The summed E-state index contributed by atoms with van der Waals surface area (Å²) in [5.41, 5.74) is 0.677. The van der Waals surface area contributed by atoms with Gasteiger partial charge in [-0.25, -0.2) is 32.1 Å². The molecule has 0 atom stereocenters. The lowest BCUT2D eigenvalue weighted by atomic mass is 10.1. The molecule has 1 aliphatic rings. The summed E-state index contributed by atoms with van der Waals surface area (Å²) in [6, 6.07) is 7.11. The number of oxazole rings is 1. The van der Waals surface area contributed by atoms with Crippen LogP contribution in [0.15, 0.2) is 41.1 Å². The Bertz CT molecular complexity index is 1430. The second kappa shape index (κ2) is 8.73. The number of primary sulfonamides is 1. The number of carbonyl (C=O) groups is 1. The van der Waals surface area contributed by atoms with E-state index in [2.05, 4.69) is 9.97 Å². The summed E-state index contributed by atoms with van der Waals surface area (Å²) in [6.45, 7) is -0.749. The van der Waals surface area contributed by atoms with Crippen molar-refractivity contribution >= 4 is 32.0 Å². The lowest BCUT2D eigenvalue weighted by Gasteiger charge is -2.34. The first kappa shape index (κ1) is 23.7. The first-order chi connectivity index (χ1) is 16.0. The van der Waals surface area contributed by atoms with Crippen LogP contribution >= 0.6 is 0 Å². The van der Waals surface area contributed by atoms with Crippen LogP contribution in [0.25, 0.3) is 11.7 Å². The van der Waals surface area contributed by atoms with E-state index in [0.29, 0.717) is 10.1 Å². The summed E-state index contributed by atoms with van der Waals surface area (Å²) in [4.78, 5) is 21.6. The van der Waals surface area contributed by atoms with Crippen LogP contribution in [0.1, 0.15) is 16.1 Å². The zero-order chi connectivity index (χ0) is 24.7. The standard InChI is InChI=1S/C19H22N6O7S2/c1-23-15-16(22-17(23)18-21-8-11-32-18)24(9-7-13-5-3-4-6-14(13)31-2)34(29,30)25(19(15)26)10-12-33(20,27)28/h3-6,8,11H,7,9-10,12H2,1-2H3,(H2,20,27,28). The van der Waals surface area contributed by atoms with Crippen molar-refractivity contribution in [2.24, 2.45) is 12.2 Å². The third kappa shape index (κ3) is 4.24. The van der Waals surface area contributed by atoms with E-state index >= 15 is 0 Å². The van der Waals surface area contributed by atoms with Crippen LogP contribution in [0.4, 0.5) is 5.82 Å². The van der Waals surface area contributed by atoms with E-state index < -0.39 is 38.4 Å². The van der Waals surface area contributed by atoms with Crippen LogP contribution in [-0.4, -0.2) is 67.5 Å². The molecule has 1 aliphatic heterocycles. The van der Waals surface area contributed by atoms with Crippen molar-refractivity contribution in [3.05, 3.63) is 48.0 Å². The van der Waals surface area contributed by atoms with Gasteiger partial charge in [0.25, 0.3) is 11.8 Å². The number of carbonyl (C=O) groups excluding carboxylic acids is 1. The van der Waals surface area contributed by atoms with Gasteiger partial charge in [0.15, 0.2) is 17.3 Å². The molecule has 0 aliphatic carbocycles. The summed E-state index contributed by atoms with van der Waals surface area (Å²) in [7, 11) is -5.50. The van der Waals surface area contributed by atoms with E-state index in [1.807, 2.05) is 0 Å². The minimum atomic E-state index is -4.48. The number of ether oxygens (including phenoxy) is 1. The molecule has 0 saturated heterocycles. The van der Waals surface area contributed by atoms with Crippen molar-refractivity contribution in [2.75, 3.05) is 30.3 Å². The molecule has 2 N–H and O–H groups in total. The Kier molecular flexibility index (Phi) is 6.09. The van der Waals surface area contributed by atoms with Gasteiger partial charge in [-0.3, -0.25) is 4.79 Å². The fourth-order valence-electron chi connectivity index (χ4n) is 3.65. The zero-order valence-corrected chi connectivity index (χ0v) is 19.9. The quantitative estimate of drug-likeness (QED) is 0.442. The predicted molar refractivity (Wildman–Crippen MR) is 121 cm³/mol. The van der Waals surface area contributed by atoms with Gasteiger partial charge in [-0.05, 0) is 18.1 Å². The molecule has 34 heavy (non-hydrogen) atoms. The van der Waals surface area contributed by atoms with Gasteiger partial charge in [-0.15, -0.1) is 0 Å². The normalized spacial score (nSPS) is 15.4. The van der Waals surface area contributed by atoms with E-state index in [9.17, 15) is 21.6 Å². The summed E-state index contributed by atoms with van der Waals surface area (Å²) in [5.74, 6) is -0.988. The fourth-order valence-corrected chi connectivity index (χ4v) is 5.73. The summed E-state index contributed by atoms with van der Waals surface area (Å²) in [6.07, 6.45) is 2.93. The molecule has 1 aromatic carbocycles. The number of amides is 1. The number of aromatic nitrogens is 3. The molecule has 0 saturated carbocycles. The molecule has 0 bridgehead atoms. The highest BCUT2D eigenvalue weighted by Crippen LogP contribution is 2.35. The number of benzene rings is 1. The summed E-state index contributed by atoms with van der Waals surface area (Å²) >= 11 is 0. The van der Waals surface area contributed by atoms with E-state index in [0.717, 1.165) is 9.87 Å². The first-order valence-corrected chi connectivity index (χ1v) is 13.1. The Morgan fingerprint density at radius 1 is 1.18 bits per heavy atom. The van der Waals surface area contributed by atoms with Gasteiger partial charge >= 0.3 is 10.2 Å². The number of imidazole rings is 1. The highest BCUT2D eigenvalue weighted by molar-refractivity contribution is 7.91. The fraction of sp³-hybridized carbons (Fsp3) is 0.316. The lowest BCUT2D eigenvalue weighted by Crippen LogP contribution is -2.53. The maximum Gasteiger partial charge on any atom is 0.330 e. The number of nitrogens with two attached hydrogens (primary N) is 1. The highest BCUT2D eigenvalue weighted by Gasteiger charge is 2.45. The molecule has 0 spiro atoms. The van der Waals surface area contributed by atoms with Gasteiger partial charge in [-0.2, -0.15) is 8.42 Å². The Labute approximate surface area is 196 Å². The van der Waals surface area contributed by atoms with Gasteiger partial charge in [-0.1, -0.05) is 18.2 Å². The predicted octanol–water partition coefficient (Wildman–Crippen LogP) is 0.122. The van der Waals surface area contributed by atoms with Gasteiger partial charge in [0.1, 0.15) is 12.0 Å². The average molecular weight is 511 g/mol. The Morgan fingerprint density at radius 3 is 2.56 bits per heavy atom. The Morgan fingerprint density at radius 2 is 1.91 bits per heavy atom. The topological polar surface area (TPSA) is 171 Å². The molecule has 0 fully saturated rings. The molecule has 182 valence electrons. The van der Waals surface area contributed by atoms with Crippen molar-refractivity contribution in [2.45, 2.75) is 6.42 Å². The number of anilines is 1. The number of nitrogens with zero attached hydrogens (tertiary/aromatic N) is 5. The van der Waals surface area contributed by atoms with Crippen LogP contribution in [-0.2, 0) is 33.7 Å². The third-order valence-corrected chi connectivity index (χ3v) is 7.85. The molecule has 3 heterocycles. The largest absolute Gasteiger partial charge is 0.496 e. The molecule has 13 nitrogen and oxygen atoms in total. The maximum absolute atomic E-state index is 13.5. The number of methoxy groups -OCH3 is 1. The summed E-state index contributed by atoms with van der Waals surface area (Å²) in [5, 5.41) is 5.05. The van der Waals surface area contributed by atoms with Crippen molar-refractivity contribution in [3.8, 4) is 17.5 Å². The van der Waals surface area contributed by atoms with Gasteiger partial charge in [0.05, 0.1) is 25.6 Å². The zero-order valence-electron chi connectivity index (χ0n) is 18.3. The average Bonchev–Trinajstić information content (AvgIpc) is 3.40. The Hall–Kier alpha value is -3.43. The number of fused-ring (bicyclic) bond motifs is 1. The third-order valence-electron chi connectivity index (χ3n) is 5.28. The Balaban J connectivity index is 1.80. The van der Waals surface area contributed by atoms with Crippen LogP contribution in [0, 0.1) is 0 Å². The minimum Gasteiger partial charge on any atom is -0.496 e. The monoisotopic (exact) mass is 510 g/mol. The van der Waals surface area contributed by atoms with Gasteiger partial charge in [0, 0.05) is 13.6 Å². The van der Waals surface area contributed by atoms with E-state index in [1.165, 1.54) is 31.2 Å². The molecule has 0 radical (unpaired) electrons. The van der Waals surface area contributed by atoms with E-state index in [1.54, 1.807) is 24.3 Å². The smallest absolute Gasteiger partial charge is 0.330 e. The number of hydrogen-bond donors (Lipinski definition) is 1. The molecule has 1 amide bonds. The van der Waals surface area contributed by atoms with Crippen LogP contribution in [0.3, 0.4) is 0 Å². The van der Waals surface area contributed by atoms with E-state index in [4.69, 9.17) is 14.3 Å². The minimum absolute atomic E-state index is 0.0579. The second-order valence-corrected chi connectivity index (χ2v) is 10.9. The van der Waals surface area contributed by atoms with Gasteiger partial charge < -0.3 is 13.7 Å². The van der Waals surface area contributed by atoms with Crippen molar-refractivity contribution in [1.29, 1.82) is 0 Å². The van der Waals surface area contributed by atoms with Gasteiger partial charge in [0.2, 0.25) is 10.0 Å². The van der Waals surface area contributed by atoms with Crippen molar-refractivity contribution < 1.29 is 30.8 Å². The SMILES string of the molecule is COc1ccccc1CCN1c2nc(-c3ncco3)n(C)c2C(=O)N(CCS(N)(=O)=O)S1(=O)=O. The van der Waals surface area contributed by atoms with Crippen molar-refractivity contribution in [1.82, 2.24) is 18.8 Å². The second-order valence-electron chi connectivity index (χ2n) is 7.39. The molecule has 3 aromatic rings. The van der Waals surface area contributed by atoms with Crippen molar-refractivity contribution in [3.63, 3.8) is 0 Å². The van der Waals surface area contributed by atoms with Crippen LogP contribution < -0.4 is 14.2 Å². The lowest BCUT2D eigenvalue weighted by molar-refractivity contribution is 0.0854.